The van der Waals surface area contributed by atoms with Gasteiger partial charge < -0.3 is 16.2 Å². The number of rotatable bonds is 2. The van der Waals surface area contributed by atoms with Gasteiger partial charge in [-0.2, -0.15) is 9.97 Å². The average molecular weight is 333 g/mol. The van der Waals surface area contributed by atoms with Crippen LogP contribution >= 0.6 is 0 Å². The molecule has 4 N–H and O–H groups in total. The van der Waals surface area contributed by atoms with E-state index in [2.05, 4.69) is 9.97 Å². The van der Waals surface area contributed by atoms with Gasteiger partial charge in [-0.15, -0.1) is 0 Å². The second kappa shape index (κ2) is 5.48. The maximum Gasteiger partial charge on any atom is 0.224 e. The number of aromatic nitrogens is 3. The van der Waals surface area contributed by atoms with Crippen LogP contribution in [0.2, 0.25) is 0 Å². The zero-order chi connectivity index (χ0) is 17.6. The van der Waals surface area contributed by atoms with Gasteiger partial charge in [-0.1, -0.05) is 18.2 Å². The molecular formula is C18H15N5O2. The predicted molar refractivity (Wildman–Crippen MR) is 98.0 cm³/mol. The number of anilines is 2. The third kappa shape index (κ3) is 2.25. The lowest BCUT2D eigenvalue weighted by Crippen LogP contribution is -2.15. The molecule has 0 aliphatic carbocycles. The largest absolute Gasteiger partial charge is 0.497 e. The topological polar surface area (TPSA) is 109 Å². The van der Waals surface area contributed by atoms with Crippen LogP contribution in [0.3, 0.4) is 0 Å². The van der Waals surface area contributed by atoms with Crippen LogP contribution in [-0.4, -0.2) is 21.6 Å². The van der Waals surface area contributed by atoms with Gasteiger partial charge in [0.05, 0.1) is 18.3 Å². The van der Waals surface area contributed by atoms with Gasteiger partial charge in [0, 0.05) is 11.5 Å². The third-order valence-corrected chi connectivity index (χ3v) is 4.08. The highest BCUT2D eigenvalue weighted by Gasteiger charge is 2.17. The molecule has 124 valence electrons. The van der Waals surface area contributed by atoms with Gasteiger partial charge in [0.1, 0.15) is 17.0 Å². The number of fused-ring (bicyclic) bond motifs is 2. The molecule has 0 saturated carbocycles. The normalized spacial score (nSPS) is 11.1. The third-order valence-electron chi connectivity index (χ3n) is 4.08. The monoisotopic (exact) mass is 333 g/mol. The summed E-state index contributed by atoms with van der Waals surface area (Å²) in [4.78, 5) is 21.1. The number of nitrogens with zero attached hydrogens (tertiary/aromatic N) is 3. The Kier molecular flexibility index (Phi) is 3.28. The first kappa shape index (κ1) is 14.9. The number of methoxy groups -OCH3 is 1. The van der Waals surface area contributed by atoms with E-state index < -0.39 is 0 Å². The van der Waals surface area contributed by atoms with Crippen LogP contribution in [0, 0.1) is 0 Å². The fraction of sp³-hybridized carbons (Fsp3) is 0.0556. The summed E-state index contributed by atoms with van der Waals surface area (Å²) < 4.78 is 7.15. The Morgan fingerprint density at radius 2 is 1.84 bits per heavy atom. The van der Waals surface area contributed by atoms with Crippen molar-refractivity contribution in [3.63, 3.8) is 0 Å². The van der Waals surface area contributed by atoms with E-state index in [4.69, 9.17) is 16.2 Å². The van der Waals surface area contributed by atoms with Gasteiger partial charge in [-0.25, -0.2) is 0 Å². The lowest BCUT2D eigenvalue weighted by Gasteiger charge is -2.16. The Hall–Kier alpha value is -3.61. The molecule has 7 nitrogen and oxygen atoms in total. The van der Waals surface area contributed by atoms with Crippen LogP contribution < -0.4 is 21.6 Å². The predicted octanol–water partition coefficient (Wildman–Crippen LogP) is 2.11. The molecule has 25 heavy (non-hydrogen) atoms. The van der Waals surface area contributed by atoms with E-state index in [1.165, 1.54) is 0 Å². The average Bonchev–Trinajstić information content (AvgIpc) is 2.61. The standard InChI is InChI=1S/C18H15N5O2/c1-25-11-6-4-5-10(9-11)23-13-8-3-2-7-12(13)15(24)14-16(19)21-18(20)22-17(14)23/h2-9H,1H3,(H4,19,20,21,22). The molecule has 0 fully saturated rings. The minimum absolute atomic E-state index is 0.0105. The number of pyridine rings is 1. The highest BCUT2D eigenvalue weighted by molar-refractivity contribution is 5.98. The number of nitrogen functional groups attached to an aromatic ring is 2. The van der Waals surface area contributed by atoms with Crippen molar-refractivity contribution in [2.24, 2.45) is 0 Å². The smallest absolute Gasteiger partial charge is 0.224 e. The summed E-state index contributed by atoms with van der Waals surface area (Å²) >= 11 is 0. The first-order valence-corrected chi connectivity index (χ1v) is 7.61. The highest BCUT2D eigenvalue weighted by atomic mass is 16.5. The molecule has 4 rings (SSSR count). The first-order valence-electron chi connectivity index (χ1n) is 7.61. The Morgan fingerprint density at radius 3 is 2.64 bits per heavy atom. The fourth-order valence-corrected chi connectivity index (χ4v) is 2.98. The van der Waals surface area contributed by atoms with Gasteiger partial charge in [-0.3, -0.25) is 9.36 Å². The summed E-state index contributed by atoms with van der Waals surface area (Å²) in [5.74, 6) is 0.759. The Morgan fingerprint density at radius 1 is 1.04 bits per heavy atom. The van der Waals surface area contributed by atoms with E-state index in [1.807, 2.05) is 41.0 Å². The molecule has 0 aliphatic rings. The van der Waals surface area contributed by atoms with Gasteiger partial charge in [0.25, 0.3) is 0 Å². The van der Waals surface area contributed by atoms with Crippen molar-refractivity contribution in [2.75, 3.05) is 18.6 Å². The maximum absolute atomic E-state index is 12.9. The Labute approximate surface area is 142 Å². The summed E-state index contributed by atoms with van der Waals surface area (Å²) in [7, 11) is 1.60. The molecule has 0 bridgehead atoms. The van der Waals surface area contributed by atoms with E-state index in [9.17, 15) is 4.79 Å². The van der Waals surface area contributed by atoms with Crippen LogP contribution in [0.25, 0.3) is 27.6 Å². The van der Waals surface area contributed by atoms with Crippen molar-refractivity contribution in [1.29, 1.82) is 0 Å². The molecule has 2 heterocycles. The van der Waals surface area contributed by atoms with Crippen LogP contribution in [0.15, 0.2) is 53.3 Å². The molecular weight excluding hydrogens is 318 g/mol. The number of nitrogens with two attached hydrogens (primary N) is 2. The number of hydrogen-bond acceptors (Lipinski definition) is 6. The summed E-state index contributed by atoms with van der Waals surface area (Å²) in [6, 6.07) is 14.7. The van der Waals surface area contributed by atoms with Gasteiger partial charge in [-0.05, 0) is 24.3 Å². The molecule has 0 saturated heterocycles. The number of ether oxygens (including phenoxy) is 1. The van der Waals surface area contributed by atoms with Crippen LogP contribution in [0.4, 0.5) is 11.8 Å². The minimum atomic E-state index is -0.220. The first-order chi connectivity index (χ1) is 12.1. The highest BCUT2D eigenvalue weighted by Crippen LogP contribution is 2.27. The number of benzene rings is 2. The van der Waals surface area contributed by atoms with E-state index in [1.54, 1.807) is 19.2 Å². The van der Waals surface area contributed by atoms with E-state index in [0.29, 0.717) is 22.3 Å². The zero-order valence-corrected chi connectivity index (χ0v) is 13.4. The van der Waals surface area contributed by atoms with Gasteiger partial charge in [0.2, 0.25) is 11.4 Å². The van der Waals surface area contributed by atoms with Crippen molar-refractivity contribution >= 4 is 33.7 Å². The van der Waals surface area contributed by atoms with Crippen molar-refractivity contribution in [2.45, 2.75) is 0 Å². The quantitative estimate of drug-likeness (QED) is 0.544. The van der Waals surface area contributed by atoms with Crippen LogP contribution in [-0.2, 0) is 0 Å². The van der Waals surface area contributed by atoms with E-state index in [0.717, 1.165) is 5.69 Å². The summed E-state index contributed by atoms with van der Waals surface area (Å²) in [6.45, 7) is 0. The second-order valence-electron chi connectivity index (χ2n) is 5.55. The lowest BCUT2D eigenvalue weighted by atomic mass is 10.1. The lowest BCUT2D eigenvalue weighted by molar-refractivity contribution is 0.414. The van der Waals surface area contributed by atoms with Crippen LogP contribution in [0.1, 0.15) is 0 Å². The molecule has 2 aromatic carbocycles. The molecule has 2 aromatic heterocycles. The van der Waals surface area contributed by atoms with E-state index >= 15 is 0 Å². The van der Waals surface area contributed by atoms with Gasteiger partial charge >= 0.3 is 0 Å². The minimum Gasteiger partial charge on any atom is -0.497 e. The Balaban J connectivity index is 2.28. The Bertz CT molecular complexity index is 1180. The number of para-hydroxylation sites is 1. The van der Waals surface area contributed by atoms with Crippen molar-refractivity contribution in [1.82, 2.24) is 14.5 Å². The SMILES string of the molecule is COc1cccc(-n2c3ccccc3c(=O)c3c(N)nc(N)nc32)c1. The van der Waals surface area contributed by atoms with Crippen LogP contribution in [0.5, 0.6) is 5.75 Å². The molecule has 0 atom stereocenters. The molecule has 0 amide bonds. The number of hydrogen-bond donors (Lipinski definition) is 2. The fourth-order valence-electron chi connectivity index (χ4n) is 2.98. The second-order valence-corrected chi connectivity index (χ2v) is 5.55. The maximum atomic E-state index is 12.9. The molecule has 7 heteroatoms. The molecule has 0 aliphatic heterocycles. The van der Waals surface area contributed by atoms with E-state index in [-0.39, 0.29) is 22.6 Å². The van der Waals surface area contributed by atoms with Crippen molar-refractivity contribution in [3.05, 3.63) is 58.8 Å². The summed E-state index contributed by atoms with van der Waals surface area (Å²) in [6.07, 6.45) is 0. The summed E-state index contributed by atoms with van der Waals surface area (Å²) in [5, 5.41) is 0.772. The summed E-state index contributed by atoms with van der Waals surface area (Å²) in [5.41, 5.74) is 13.4. The zero-order valence-electron chi connectivity index (χ0n) is 13.4. The van der Waals surface area contributed by atoms with Crippen molar-refractivity contribution in [3.8, 4) is 11.4 Å². The molecule has 0 spiro atoms. The molecule has 0 radical (unpaired) electrons. The van der Waals surface area contributed by atoms with Gasteiger partial charge in [0.15, 0.2) is 5.65 Å². The molecule has 0 unspecified atom stereocenters. The molecule has 4 aromatic rings. The van der Waals surface area contributed by atoms with Crippen molar-refractivity contribution < 1.29 is 4.74 Å².